The Balaban J connectivity index is 2.54. The topological polar surface area (TPSA) is 51.2 Å². The number of pyridine rings is 1. The zero-order valence-electron chi connectivity index (χ0n) is 7.70. The molecule has 0 aliphatic rings. The standard InChI is InChI=1S/C9H12N2O2/c1-7-5-10-4-3-8(7)6-11-9(12)13-2/h3-5H,6H2,1-2H3,(H,11,12). The monoisotopic (exact) mass is 180 g/mol. The third-order valence-electron chi connectivity index (χ3n) is 1.75. The highest BCUT2D eigenvalue weighted by molar-refractivity contribution is 5.66. The number of nitrogens with one attached hydrogen (secondary N) is 1. The number of carbonyl (C=O) groups is 1. The first kappa shape index (κ1) is 9.51. The number of hydrogen-bond donors (Lipinski definition) is 1. The van der Waals surface area contributed by atoms with Crippen molar-refractivity contribution in [3.63, 3.8) is 0 Å². The molecule has 0 unspecified atom stereocenters. The first-order valence-corrected chi connectivity index (χ1v) is 3.95. The van der Waals surface area contributed by atoms with E-state index in [1.54, 1.807) is 12.4 Å². The summed E-state index contributed by atoms with van der Waals surface area (Å²) < 4.78 is 4.45. The minimum Gasteiger partial charge on any atom is -0.453 e. The highest BCUT2D eigenvalue weighted by Crippen LogP contribution is 2.03. The van der Waals surface area contributed by atoms with Crippen LogP contribution in [0.2, 0.25) is 0 Å². The van der Waals surface area contributed by atoms with Gasteiger partial charge in [0.15, 0.2) is 0 Å². The Morgan fingerprint density at radius 2 is 2.46 bits per heavy atom. The van der Waals surface area contributed by atoms with Gasteiger partial charge in [-0.25, -0.2) is 4.79 Å². The summed E-state index contributed by atoms with van der Waals surface area (Å²) >= 11 is 0. The summed E-state index contributed by atoms with van der Waals surface area (Å²) in [5.41, 5.74) is 2.10. The summed E-state index contributed by atoms with van der Waals surface area (Å²) in [5, 5.41) is 2.60. The maximum absolute atomic E-state index is 10.7. The zero-order valence-corrected chi connectivity index (χ0v) is 7.70. The Bertz CT molecular complexity index is 299. The quantitative estimate of drug-likeness (QED) is 0.745. The van der Waals surface area contributed by atoms with Crippen molar-refractivity contribution >= 4 is 6.09 Å². The van der Waals surface area contributed by atoms with Gasteiger partial charge < -0.3 is 10.1 Å². The van der Waals surface area contributed by atoms with Gasteiger partial charge in [0.1, 0.15) is 0 Å². The molecule has 0 aromatic carbocycles. The minimum atomic E-state index is -0.420. The first-order valence-electron chi connectivity index (χ1n) is 3.95. The van der Waals surface area contributed by atoms with Gasteiger partial charge in [0, 0.05) is 18.9 Å². The lowest BCUT2D eigenvalue weighted by molar-refractivity contribution is 0.170. The van der Waals surface area contributed by atoms with Crippen molar-refractivity contribution in [1.82, 2.24) is 10.3 Å². The second-order valence-electron chi connectivity index (χ2n) is 2.65. The number of aromatic nitrogens is 1. The molecule has 70 valence electrons. The van der Waals surface area contributed by atoms with E-state index in [9.17, 15) is 4.79 Å². The van der Waals surface area contributed by atoms with Crippen LogP contribution in [0.15, 0.2) is 18.5 Å². The van der Waals surface area contributed by atoms with E-state index in [1.807, 2.05) is 13.0 Å². The van der Waals surface area contributed by atoms with Crippen molar-refractivity contribution in [3.05, 3.63) is 29.6 Å². The van der Waals surface area contributed by atoms with Crippen molar-refractivity contribution < 1.29 is 9.53 Å². The van der Waals surface area contributed by atoms with E-state index < -0.39 is 6.09 Å². The van der Waals surface area contributed by atoms with E-state index in [2.05, 4.69) is 15.0 Å². The van der Waals surface area contributed by atoms with Crippen LogP contribution in [0.4, 0.5) is 4.79 Å². The molecular weight excluding hydrogens is 168 g/mol. The molecule has 0 aliphatic heterocycles. The van der Waals surface area contributed by atoms with Crippen molar-refractivity contribution in [1.29, 1.82) is 0 Å². The molecule has 0 radical (unpaired) electrons. The second kappa shape index (κ2) is 4.45. The van der Waals surface area contributed by atoms with Gasteiger partial charge in [-0.15, -0.1) is 0 Å². The number of ether oxygens (including phenoxy) is 1. The molecule has 1 heterocycles. The number of aryl methyl sites for hydroxylation is 1. The molecular formula is C9H12N2O2. The summed E-state index contributed by atoms with van der Waals surface area (Å²) in [6.45, 7) is 2.42. The highest BCUT2D eigenvalue weighted by atomic mass is 16.5. The van der Waals surface area contributed by atoms with Crippen LogP contribution >= 0.6 is 0 Å². The number of nitrogens with zero attached hydrogens (tertiary/aromatic N) is 1. The summed E-state index contributed by atoms with van der Waals surface area (Å²) in [7, 11) is 1.34. The van der Waals surface area contributed by atoms with Crippen molar-refractivity contribution in [2.45, 2.75) is 13.5 Å². The third kappa shape index (κ3) is 2.74. The molecule has 1 amide bonds. The van der Waals surface area contributed by atoms with Crippen molar-refractivity contribution in [3.8, 4) is 0 Å². The van der Waals surface area contributed by atoms with Crippen LogP contribution in [0.3, 0.4) is 0 Å². The third-order valence-corrected chi connectivity index (χ3v) is 1.75. The number of alkyl carbamates (subject to hydrolysis) is 1. The van der Waals surface area contributed by atoms with Gasteiger partial charge in [0.05, 0.1) is 7.11 Å². The molecule has 13 heavy (non-hydrogen) atoms. The number of hydrogen-bond acceptors (Lipinski definition) is 3. The van der Waals surface area contributed by atoms with E-state index in [0.717, 1.165) is 11.1 Å². The van der Waals surface area contributed by atoms with Crippen LogP contribution in [-0.4, -0.2) is 18.2 Å². The Morgan fingerprint density at radius 3 is 3.08 bits per heavy atom. The van der Waals surface area contributed by atoms with Crippen LogP contribution < -0.4 is 5.32 Å². The highest BCUT2D eigenvalue weighted by Gasteiger charge is 2.00. The van der Waals surface area contributed by atoms with E-state index in [1.165, 1.54) is 7.11 Å². The largest absolute Gasteiger partial charge is 0.453 e. The molecule has 1 aromatic heterocycles. The summed E-state index contributed by atoms with van der Waals surface area (Å²) in [6.07, 6.45) is 3.03. The summed E-state index contributed by atoms with van der Waals surface area (Å²) in [6, 6.07) is 1.87. The van der Waals surface area contributed by atoms with Crippen LogP contribution in [0.25, 0.3) is 0 Å². The Hall–Kier alpha value is -1.58. The van der Waals surface area contributed by atoms with Crippen LogP contribution in [0.5, 0.6) is 0 Å². The molecule has 0 fully saturated rings. The number of methoxy groups -OCH3 is 1. The molecule has 0 bridgehead atoms. The second-order valence-corrected chi connectivity index (χ2v) is 2.65. The molecule has 1 N–H and O–H groups in total. The van der Waals surface area contributed by atoms with Crippen LogP contribution in [0.1, 0.15) is 11.1 Å². The molecule has 0 saturated carbocycles. The van der Waals surface area contributed by atoms with E-state index in [-0.39, 0.29) is 0 Å². The normalized spacial score (nSPS) is 9.38. The average molecular weight is 180 g/mol. The van der Waals surface area contributed by atoms with Crippen LogP contribution in [0, 0.1) is 6.92 Å². The number of carbonyl (C=O) groups excluding carboxylic acids is 1. The maximum Gasteiger partial charge on any atom is 0.407 e. The van der Waals surface area contributed by atoms with Gasteiger partial charge in [-0.05, 0) is 24.1 Å². The minimum absolute atomic E-state index is 0.420. The Morgan fingerprint density at radius 1 is 1.69 bits per heavy atom. The predicted molar refractivity (Wildman–Crippen MR) is 48.2 cm³/mol. The van der Waals surface area contributed by atoms with E-state index in [0.29, 0.717) is 6.54 Å². The molecule has 0 atom stereocenters. The summed E-state index contributed by atoms with van der Waals surface area (Å²) in [4.78, 5) is 14.7. The smallest absolute Gasteiger partial charge is 0.407 e. The Labute approximate surface area is 76.9 Å². The Kier molecular flexibility index (Phi) is 3.25. The fraction of sp³-hybridized carbons (Fsp3) is 0.333. The van der Waals surface area contributed by atoms with E-state index in [4.69, 9.17) is 0 Å². The zero-order chi connectivity index (χ0) is 9.68. The first-order chi connectivity index (χ1) is 6.24. The number of amides is 1. The van der Waals surface area contributed by atoms with Gasteiger partial charge in [-0.1, -0.05) is 0 Å². The maximum atomic E-state index is 10.7. The predicted octanol–water partition coefficient (Wildman–Crippen LogP) is 1.25. The van der Waals surface area contributed by atoms with Gasteiger partial charge >= 0.3 is 6.09 Å². The average Bonchev–Trinajstić information content (AvgIpc) is 2.16. The number of rotatable bonds is 2. The lowest BCUT2D eigenvalue weighted by Gasteiger charge is -2.05. The van der Waals surface area contributed by atoms with Gasteiger partial charge in [0.2, 0.25) is 0 Å². The lowest BCUT2D eigenvalue weighted by atomic mass is 10.2. The molecule has 0 spiro atoms. The lowest BCUT2D eigenvalue weighted by Crippen LogP contribution is -2.22. The SMILES string of the molecule is COC(=O)NCc1ccncc1C. The molecule has 4 heteroatoms. The molecule has 1 aromatic rings. The van der Waals surface area contributed by atoms with Gasteiger partial charge in [-0.3, -0.25) is 4.98 Å². The van der Waals surface area contributed by atoms with Gasteiger partial charge in [0.25, 0.3) is 0 Å². The summed E-state index contributed by atoms with van der Waals surface area (Å²) in [5.74, 6) is 0. The molecule has 0 aliphatic carbocycles. The molecule has 4 nitrogen and oxygen atoms in total. The van der Waals surface area contributed by atoms with E-state index >= 15 is 0 Å². The fourth-order valence-electron chi connectivity index (χ4n) is 0.940. The molecule has 1 rings (SSSR count). The van der Waals surface area contributed by atoms with Crippen molar-refractivity contribution in [2.24, 2.45) is 0 Å². The van der Waals surface area contributed by atoms with Crippen LogP contribution in [-0.2, 0) is 11.3 Å². The van der Waals surface area contributed by atoms with Crippen molar-refractivity contribution in [2.75, 3.05) is 7.11 Å². The fourth-order valence-corrected chi connectivity index (χ4v) is 0.940. The molecule has 0 saturated heterocycles. The van der Waals surface area contributed by atoms with Gasteiger partial charge in [-0.2, -0.15) is 0 Å².